The van der Waals surface area contributed by atoms with Gasteiger partial charge in [0.25, 0.3) is 0 Å². The maximum Gasteiger partial charge on any atom is 0.306 e. The minimum atomic E-state index is -0.714. The molecule has 6 heteroatoms. The first-order valence-electron chi connectivity index (χ1n) is 11.3. The zero-order chi connectivity index (χ0) is 19.9. The van der Waals surface area contributed by atoms with Crippen LogP contribution in [0.15, 0.2) is 0 Å². The molecule has 0 spiro atoms. The van der Waals surface area contributed by atoms with Gasteiger partial charge in [0.2, 0.25) is 11.8 Å². The van der Waals surface area contributed by atoms with Crippen molar-refractivity contribution in [3.63, 3.8) is 0 Å². The van der Waals surface area contributed by atoms with Crippen molar-refractivity contribution in [1.82, 2.24) is 10.6 Å². The number of hydrogen-bond donors (Lipinski definition) is 3. The lowest BCUT2D eigenvalue weighted by atomic mass is 9.83. The fourth-order valence-electron chi connectivity index (χ4n) is 5.24. The van der Waals surface area contributed by atoms with Gasteiger partial charge in [0.15, 0.2) is 0 Å². The molecule has 28 heavy (non-hydrogen) atoms. The molecule has 0 aromatic rings. The molecule has 0 radical (unpaired) electrons. The van der Waals surface area contributed by atoms with Crippen molar-refractivity contribution in [2.75, 3.05) is 0 Å². The summed E-state index contributed by atoms with van der Waals surface area (Å²) in [6, 6.07) is 0.335. The van der Waals surface area contributed by atoms with Gasteiger partial charge in [-0.25, -0.2) is 0 Å². The van der Waals surface area contributed by atoms with E-state index in [1.54, 1.807) is 0 Å². The molecule has 0 bridgehead atoms. The van der Waals surface area contributed by atoms with Crippen molar-refractivity contribution in [3.8, 4) is 0 Å². The molecule has 3 rings (SSSR count). The largest absolute Gasteiger partial charge is 0.481 e. The third-order valence-corrected chi connectivity index (χ3v) is 7.08. The van der Waals surface area contributed by atoms with Crippen LogP contribution >= 0.6 is 0 Å². The van der Waals surface area contributed by atoms with E-state index in [0.29, 0.717) is 25.2 Å². The molecule has 2 amide bonds. The Morgan fingerprint density at radius 3 is 1.79 bits per heavy atom. The van der Waals surface area contributed by atoms with Crippen LogP contribution in [0.2, 0.25) is 0 Å². The van der Waals surface area contributed by atoms with Crippen LogP contribution in [0, 0.1) is 17.8 Å². The normalized spacial score (nSPS) is 31.7. The molecule has 0 unspecified atom stereocenters. The standard InChI is InChI=1S/C22H36N2O4/c25-20(14-15-4-2-1-3-5-15)23-18-10-6-16(7-11-18)21(26)24-19-12-8-17(9-13-19)22(27)28/h15-19H,1-14H2,(H,23,25)(H,24,26)(H,27,28). The Morgan fingerprint density at radius 1 is 0.679 bits per heavy atom. The van der Waals surface area contributed by atoms with E-state index in [0.717, 1.165) is 38.5 Å². The fraction of sp³-hybridized carbons (Fsp3) is 0.864. The van der Waals surface area contributed by atoms with Crippen molar-refractivity contribution in [2.45, 2.75) is 102 Å². The molecule has 158 valence electrons. The first kappa shape index (κ1) is 21.1. The molecule has 0 aliphatic heterocycles. The van der Waals surface area contributed by atoms with Crippen LogP contribution in [-0.4, -0.2) is 35.0 Å². The van der Waals surface area contributed by atoms with E-state index < -0.39 is 5.97 Å². The third-order valence-electron chi connectivity index (χ3n) is 7.08. The van der Waals surface area contributed by atoms with Crippen molar-refractivity contribution in [1.29, 1.82) is 0 Å². The lowest BCUT2D eigenvalue weighted by Crippen LogP contribution is -2.44. The number of nitrogens with one attached hydrogen (secondary N) is 2. The predicted molar refractivity (Wildman–Crippen MR) is 107 cm³/mol. The summed E-state index contributed by atoms with van der Waals surface area (Å²) in [6.07, 6.45) is 13.1. The summed E-state index contributed by atoms with van der Waals surface area (Å²) in [4.78, 5) is 35.9. The van der Waals surface area contributed by atoms with Crippen molar-refractivity contribution in [3.05, 3.63) is 0 Å². The van der Waals surface area contributed by atoms with Gasteiger partial charge in [-0.15, -0.1) is 0 Å². The second kappa shape index (κ2) is 10.3. The number of carboxylic acids is 1. The van der Waals surface area contributed by atoms with E-state index in [-0.39, 0.29) is 35.7 Å². The first-order chi connectivity index (χ1) is 13.5. The fourth-order valence-corrected chi connectivity index (χ4v) is 5.24. The molecule has 3 aliphatic rings. The van der Waals surface area contributed by atoms with Gasteiger partial charge in [-0.1, -0.05) is 19.3 Å². The highest BCUT2D eigenvalue weighted by molar-refractivity contribution is 5.79. The van der Waals surface area contributed by atoms with Crippen LogP contribution in [0.5, 0.6) is 0 Å². The molecular weight excluding hydrogens is 356 g/mol. The summed E-state index contributed by atoms with van der Waals surface area (Å²) in [5.74, 6) is -0.0639. The van der Waals surface area contributed by atoms with E-state index in [9.17, 15) is 14.4 Å². The smallest absolute Gasteiger partial charge is 0.306 e. The monoisotopic (exact) mass is 392 g/mol. The molecule has 0 atom stereocenters. The summed E-state index contributed by atoms with van der Waals surface area (Å²) in [5.41, 5.74) is 0. The molecule has 6 nitrogen and oxygen atoms in total. The number of carboxylic acid groups (broad SMARTS) is 1. The average Bonchev–Trinajstić information content (AvgIpc) is 2.69. The Hall–Kier alpha value is -1.59. The first-order valence-corrected chi connectivity index (χ1v) is 11.3. The van der Waals surface area contributed by atoms with Gasteiger partial charge in [0.1, 0.15) is 0 Å². The van der Waals surface area contributed by atoms with Crippen LogP contribution in [0.25, 0.3) is 0 Å². The summed E-state index contributed by atoms with van der Waals surface area (Å²) < 4.78 is 0. The van der Waals surface area contributed by atoms with Gasteiger partial charge < -0.3 is 15.7 Å². The van der Waals surface area contributed by atoms with Gasteiger partial charge in [-0.05, 0) is 70.1 Å². The summed E-state index contributed by atoms with van der Waals surface area (Å²) >= 11 is 0. The lowest BCUT2D eigenvalue weighted by molar-refractivity contribution is -0.142. The second-order valence-corrected chi connectivity index (χ2v) is 9.22. The highest BCUT2D eigenvalue weighted by Gasteiger charge is 2.31. The van der Waals surface area contributed by atoms with Crippen LogP contribution < -0.4 is 10.6 Å². The van der Waals surface area contributed by atoms with Gasteiger partial charge in [-0.2, -0.15) is 0 Å². The molecule has 0 saturated heterocycles. The molecule has 3 aliphatic carbocycles. The molecule has 3 saturated carbocycles. The second-order valence-electron chi connectivity index (χ2n) is 9.22. The van der Waals surface area contributed by atoms with Gasteiger partial charge in [-0.3, -0.25) is 14.4 Å². The topological polar surface area (TPSA) is 95.5 Å². The van der Waals surface area contributed by atoms with Crippen LogP contribution in [-0.2, 0) is 14.4 Å². The Morgan fingerprint density at radius 2 is 1.21 bits per heavy atom. The Balaban J connectivity index is 1.32. The number of rotatable bonds is 6. The molecule has 0 aromatic carbocycles. The number of carbonyl (C=O) groups excluding carboxylic acids is 2. The van der Waals surface area contributed by atoms with Crippen LogP contribution in [0.1, 0.15) is 89.9 Å². The predicted octanol–water partition coefficient (Wildman–Crippen LogP) is 3.39. The maximum absolute atomic E-state index is 12.6. The SMILES string of the molecule is O=C(CC1CCCCC1)NC1CCC(C(=O)NC2CCC(C(=O)O)CC2)CC1. The maximum atomic E-state index is 12.6. The van der Waals surface area contributed by atoms with Crippen LogP contribution in [0.3, 0.4) is 0 Å². The van der Waals surface area contributed by atoms with E-state index in [1.807, 2.05) is 0 Å². The van der Waals surface area contributed by atoms with Crippen molar-refractivity contribution in [2.24, 2.45) is 17.8 Å². The Kier molecular flexibility index (Phi) is 7.74. The molecule has 0 heterocycles. The highest BCUT2D eigenvalue weighted by atomic mass is 16.4. The van der Waals surface area contributed by atoms with E-state index in [4.69, 9.17) is 5.11 Å². The zero-order valence-corrected chi connectivity index (χ0v) is 17.0. The van der Waals surface area contributed by atoms with Crippen LogP contribution in [0.4, 0.5) is 0 Å². The molecule has 3 fully saturated rings. The van der Waals surface area contributed by atoms with E-state index in [1.165, 1.54) is 32.1 Å². The van der Waals surface area contributed by atoms with Gasteiger partial charge in [0.05, 0.1) is 5.92 Å². The van der Waals surface area contributed by atoms with Crippen molar-refractivity contribution < 1.29 is 19.5 Å². The summed E-state index contributed by atoms with van der Waals surface area (Å²) in [5, 5.41) is 15.4. The number of aliphatic carboxylic acids is 1. The minimum Gasteiger partial charge on any atom is -0.481 e. The minimum absolute atomic E-state index is 0.0312. The number of carbonyl (C=O) groups is 3. The quantitative estimate of drug-likeness (QED) is 0.646. The average molecular weight is 393 g/mol. The number of hydrogen-bond acceptors (Lipinski definition) is 3. The molecule has 3 N–H and O–H groups in total. The molecular formula is C22H36N2O4. The summed E-state index contributed by atoms with van der Waals surface area (Å²) in [7, 11) is 0. The zero-order valence-electron chi connectivity index (χ0n) is 17.0. The number of amides is 2. The van der Waals surface area contributed by atoms with E-state index in [2.05, 4.69) is 10.6 Å². The third kappa shape index (κ3) is 6.21. The van der Waals surface area contributed by atoms with Crippen molar-refractivity contribution >= 4 is 17.8 Å². The Labute approximate surface area is 168 Å². The Bertz CT molecular complexity index is 543. The highest BCUT2D eigenvalue weighted by Crippen LogP contribution is 2.29. The van der Waals surface area contributed by atoms with Gasteiger partial charge >= 0.3 is 5.97 Å². The summed E-state index contributed by atoms with van der Waals surface area (Å²) in [6.45, 7) is 0. The van der Waals surface area contributed by atoms with E-state index >= 15 is 0 Å². The lowest BCUT2D eigenvalue weighted by Gasteiger charge is -2.32. The molecule has 0 aromatic heterocycles. The van der Waals surface area contributed by atoms with Gasteiger partial charge in [0, 0.05) is 24.4 Å².